The SMILES string of the molecule is C[C@@H](NC(=O)OC(C)(C)C)c1cccc(-c2cc(COc3ccccc3CC(=O)O)cc(NCC3CCCO3)c2)n1. The van der Waals surface area contributed by atoms with E-state index in [0.717, 1.165) is 42.0 Å². The number of nitrogens with one attached hydrogen (secondary N) is 2. The third kappa shape index (κ3) is 9.21. The Morgan fingerprint density at radius 1 is 1.12 bits per heavy atom. The first kappa shape index (κ1) is 29.9. The quantitative estimate of drug-likeness (QED) is 0.256. The molecule has 9 nitrogen and oxygen atoms in total. The maximum atomic E-state index is 12.3. The molecule has 1 aromatic heterocycles. The maximum Gasteiger partial charge on any atom is 0.408 e. The summed E-state index contributed by atoms with van der Waals surface area (Å²) in [6, 6.07) is 18.6. The second kappa shape index (κ2) is 13.5. The first-order chi connectivity index (χ1) is 19.6. The van der Waals surface area contributed by atoms with Crippen LogP contribution in [0, 0.1) is 0 Å². The predicted octanol–water partition coefficient (Wildman–Crippen LogP) is 6.13. The number of carbonyl (C=O) groups is 2. The van der Waals surface area contributed by atoms with Crippen molar-refractivity contribution in [2.75, 3.05) is 18.5 Å². The van der Waals surface area contributed by atoms with Crippen LogP contribution in [-0.2, 0) is 27.3 Å². The summed E-state index contributed by atoms with van der Waals surface area (Å²) in [6.07, 6.45) is 1.64. The number of amides is 1. The number of carboxylic acids is 1. The van der Waals surface area contributed by atoms with E-state index in [1.54, 1.807) is 18.2 Å². The van der Waals surface area contributed by atoms with Crippen LogP contribution in [-0.4, -0.2) is 47.0 Å². The summed E-state index contributed by atoms with van der Waals surface area (Å²) < 4.78 is 17.3. The highest BCUT2D eigenvalue weighted by molar-refractivity contribution is 5.71. The Bertz CT molecular complexity index is 1350. The smallest absolute Gasteiger partial charge is 0.408 e. The Hall–Kier alpha value is -4.11. The molecule has 1 amide bonds. The average Bonchev–Trinajstić information content (AvgIpc) is 3.44. The van der Waals surface area contributed by atoms with Gasteiger partial charge in [0.05, 0.1) is 30.0 Å². The number of nitrogens with zero attached hydrogens (tertiary/aromatic N) is 1. The van der Waals surface area contributed by atoms with E-state index in [-0.39, 0.29) is 25.2 Å². The fourth-order valence-electron chi connectivity index (χ4n) is 4.59. The van der Waals surface area contributed by atoms with Crippen molar-refractivity contribution < 1.29 is 28.9 Å². The van der Waals surface area contributed by atoms with E-state index in [4.69, 9.17) is 19.2 Å². The molecule has 2 aromatic carbocycles. The molecule has 1 unspecified atom stereocenters. The molecule has 3 aromatic rings. The number of para-hydroxylation sites is 1. The van der Waals surface area contributed by atoms with Gasteiger partial charge in [-0.05, 0) is 82.5 Å². The van der Waals surface area contributed by atoms with Gasteiger partial charge in [-0.15, -0.1) is 0 Å². The fraction of sp³-hybridized carbons (Fsp3) is 0.406. The molecule has 0 spiro atoms. The van der Waals surface area contributed by atoms with Gasteiger partial charge in [0.15, 0.2) is 0 Å². The average molecular weight is 562 g/mol. The fourth-order valence-corrected chi connectivity index (χ4v) is 4.59. The monoisotopic (exact) mass is 561 g/mol. The molecule has 1 aliphatic heterocycles. The van der Waals surface area contributed by atoms with Gasteiger partial charge in [-0.1, -0.05) is 24.3 Å². The first-order valence-electron chi connectivity index (χ1n) is 13.9. The van der Waals surface area contributed by atoms with Crippen LogP contribution < -0.4 is 15.4 Å². The number of ether oxygens (including phenoxy) is 3. The number of alkyl carbamates (subject to hydrolysis) is 1. The van der Waals surface area contributed by atoms with Crippen LogP contribution in [0.1, 0.15) is 63.4 Å². The van der Waals surface area contributed by atoms with Crippen molar-refractivity contribution in [2.24, 2.45) is 0 Å². The lowest BCUT2D eigenvalue weighted by molar-refractivity contribution is -0.136. The Kier molecular flexibility index (Phi) is 9.83. The van der Waals surface area contributed by atoms with E-state index in [0.29, 0.717) is 23.6 Å². The Balaban J connectivity index is 1.57. The molecule has 9 heteroatoms. The van der Waals surface area contributed by atoms with Crippen molar-refractivity contribution in [3.05, 3.63) is 77.5 Å². The van der Waals surface area contributed by atoms with Crippen molar-refractivity contribution in [3.63, 3.8) is 0 Å². The summed E-state index contributed by atoms with van der Waals surface area (Å²) in [5, 5.41) is 15.6. The molecule has 0 aliphatic carbocycles. The summed E-state index contributed by atoms with van der Waals surface area (Å²) in [4.78, 5) is 28.5. The number of benzene rings is 2. The van der Waals surface area contributed by atoms with Gasteiger partial charge in [0, 0.05) is 30.0 Å². The third-order valence-electron chi connectivity index (χ3n) is 6.50. The zero-order valence-electron chi connectivity index (χ0n) is 24.1. The first-order valence-corrected chi connectivity index (χ1v) is 13.9. The van der Waals surface area contributed by atoms with Crippen molar-refractivity contribution in [3.8, 4) is 17.0 Å². The van der Waals surface area contributed by atoms with Crippen LogP contribution in [0.25, 0.3) is 11.3 Å². The van der Waals surface area contributed by atoms with E-state index in [1.807, 2.05) is 70.2 Å². The summed E-state index contributed by atoms with van der Waals surface area (Å²) >= 11 is 0. The van der Waals surface area contributed by atoms with Crippen LogP contribution in [0.5, 0.6) is 5.75 Å². The van der Waals surface area contributed by atoms with Crippen LogP contribution in [0.4, 0.5) is 10.5 Å². The highest BCUT2D eigenvalue weighted by Crippen LogP contribution is 2.27. The van der Waals surface area contributed by atoms with Gasteiger partial charge >= 0.3 is 12.1 Å². The van der Waals surface area contributed by atoms with Crippen LogP contribution in [0.15, 0.2) is 60.7 Å². The number of anilines is 1. The molecule has 4 rings (SSSR count). The molecule has 0 radical (unpaired) electrons. The predicted molar refractivity (Wildman–Crippen MR) is 157 cm³/mol. The lowest BCUT2D eigenvalue weighted by Gasteiger charge is -2.22. The second-order valence-electron chi connectivity index (χ2n) is 11.2. The van der Waals surface area contributed by atoms with Gasteiger partial charge in [0.25, 0.3) is 0 Å². The largest absolute Gasteiger partial charge is 0.489 e. The number of hydrogen-bond donors (Lipinski definition) is 3. The zero-order chi connectivity index (χ0) is 29.4. The number of hydrogen-bond acceptors (Lipinski definition) is 7. The molecule has 1 aliphatic rings. The van der Waals surface area contributed by atoms with E-state index >= 15 is 0 Å². The molecular formula is C32H39N3O6. The van der Waals surface area contributed by atoms with E-state index in [2.05, 4.69) is 10.6 Å². The van der Waals surface area contributed by atoms with Gasteiger partial charge in [-0.2, -0.15) is 0 Å². The number of rotatable bonds is 11. The summed E-state index contributed by atoms with van der Waals surface area (Å²) in [6.45, 7) is 9.05. The normalized spacial score (nSPS) is 15.7. The Morgan fingerprint density at radius 2 is 1.93 bits per heavy atom. The third-order valence-corrected chi connectivity index (χ3v) is 6.50. The number of pyridine rings is 1. The molecule has 2 atom stereocenters. The van der Waals surface area contributed by atoms with Crippen LogP contribution >= 0.6 is 0 Å². The van der Waals surface area contributed by atoms with Gasteiger partial charge in [-0.3, -0.25) is 9.78 Å². The minimum atomic E-state index is -0.912. The van der Waals surface area contributed by atoms with Crippen LogP contribution in [0.2, 0.25) is 0 Å². The lowest BCUT2D eigenvalue weighted by atomic mass is 10.0. The van der Waals surface area contributed by atoms with Crippen molar-refractivity contribution in [2.45, 2.75) is 71.3 Å². The van der Waals surface area contributed by atoms with E-state index in [1.165, 1.54) is 0 Å². The summed E-state index contributed by atoms with van der Waals surface area (Å²) in [5.74, 6) is -0.374. The molecule has 2 heterocycles. The molecule has 41 heavy (non-hydrogen) atoms. The van der Waals surface area contributed by atoms with Crippen molar-refractivity contribution in [1.82, 2.24) is 10.3 Å². The molecule has 0 bridgehead atoms. The molecule has 1 saturated heterocycles. The number of carboxylic acid groups (broad SMARTS) is 1. The minimum absolute atomic E-state index is 0.114. The second-order valence-corrected chi connectivity index (χ2v) is 11.2. The number of aromatic nitrogens is 1. The highest BCUT2D eigenvalue weighted by atomic mass is 16.6. The maximum absolute atomic E-state index is 12.3. The lowest BCUT2D eigenvalue weighted by Crippen LogP contribution is -2.34. The van der Waals surface area contributed by atoms with E-state index in [9.17, 15) is 14.7 Å². The topological polar surface area (TPSA) is 119 Å². The van der Waals surface area contributed by atoms with Gasteiger partial charge in [0.2, 0.25) is 0 Å². The highest BCUT2D eigenvalue weighted by Gasteiger charge is 2.20. The molecule has 218 valence electrons. The number of aliphatic carboxylic acids is 1. The van der Waals surface area contributed by atoms with Crippen LogP contribution in [0.3, 0.4) is 0 Å². The molecular weight excluding hydrogens is 522 g/mol. The Morgan fingerprint density at radius 3 is 2.66 bits per heavy atom. The van der Waals surface area contributed by atoms with Gasteiger partial charge < -0.3 is 30.0 Å². The summed E-state index contributed by atoms with van der Waals surface area (Å²) in [5.41, 5.74) is 4.15. The zero-order valence-corrected chi connectivity index (χ0v) is 24.1. The van der Waals surface area contributed by atoms with Crippen molar-refractivity contribution >= 4 is 17.7 Å². The standard InChI is InChI=1S/C32H39N3O6/c1-21(34-31(38)41-32(2,3)4)27-11-7-12-28(35-27)24-15-22(16-25(17-24)33-19-26-10-8-14-39-26)20-40-29-13-6-5-9-23(29)18-30(36)37/h5-7,9,11-13,15-17,21,26,33H,8,10,14,18-20H2,1-4H3,(H,34,38)(H,36,37)/t21-,26?/m1/s1. The molecule has 0 saturated carbocycles. The minimum Gasteiger partial charge on any atom is -0.489 e. The van der Waals surface area contributed by atoms with Gasteiger partial charge in [-0.25, -0.2) is 4.79 Å². The molecule has 1 fully saturated rings. The summed E-state index contributed by atoms with van der Waals surface area (Å²) in [7, 11) is 0. The molecule has 3 N–H and O–H groups in total. The Labute approximate surface area is 241 Å². The number of carbonyl (C=O) groups excluding carboxylic acids is 1. The van der Waals surface area contributed by atoms with Gasteiger partial charge in [0.1, 0.15) is 18.0 Å². The van der Waals surface area contributed by atoms with Crippen molar-refractivity contribution in [1.29, 1.82) is 0 Å². The van der Waals surface area contributed by atoms with E-state index < -0.39 is 17.7 Å².